The van der Waals surface area contributed by atoms with Gasteiger partial charge < -0.3 is 16.0 Å². The van der Waals surface area contributed by atoms with Crippen molar-refractivity contribution in [3.05, 3.63) is 63.6 Å². The molecule has 0 saturated carbocycles. The maximum atomic E-state index is 12.5. The highest BCUT2D eigenvalue weighted by atomic mass is 35.6. The van der Waals surface area contributed by atoms with E-state index in [1.165, 1.54) is 18.2 Å². The fourth-order valence-electron chi connectivity index (χ4n) is 2.10. The van der Waals surface area contributed by atoms with E-state index in [2.05, 4.69) is 16.0 Å². The highest BCUT2D eigenvalue weighted by Crippen LogP contribution is 2.30. The van der Waals surface area contributed by atoms with E-state index in [0.29, 0.717) is 5.02 Å². The van der Waals surface area contributed by atoms with Crippen LogP contribution in [-0.4, -0.2) is 21.0 Å². The standard InChI is InChI=1S/C17H14Cl5N3OS/c1-9-3-2-4-11(7-9)23-16(27)25-15(17(20,21)22)24-14(26)12-6-5-10(18)8-13(12)19/h2-8,15H,1H3,(H,24,26)(H2,23,25,27). The average molecular weight is 486 g/mol. The van der Waals surface area contributed by atoms with Gasteiger partial charge in [-0.05, 0) is 55.0 Å². The molecule has 1 atom stereocenters. The molecule has 0 aliphatic heterocycles. The summed E-state index contributed by atoms with van der Waals surface area (Å²) >= 11 is 35.1. The molecule has 2 aromatic carbocycles. The summed E-state index contributed by atoms with van der Waals surface area (Å²) in [6, 6.07) is 12.0. The SMILES string of the molecule is Cc1cccc(NC(=S)NC(NC(=O)c2ccc(Cl)cc2Cl)C(Cl)(Cl)Cl)c1. The monoisotopic (exact) mass is 483 g/mol. The Hall–Kier alpha value is -0.950. The number of carbonyl (C=O) groups is 1. The largest absolute Gasteiger partial charge is 0.339 e. The van der Waals surface area contributed by atoms with E-state index >= 15 is 0 Å². The van der Waals surface area contributed by atoms with Gasteiger partial charge in [0, 0.05) is 10.7 Å². The van der Waals surface area contributed by atoms with Crippen LogP contribution in [0.1, 0.15) is 15.9 Å². The molecule has 4 nitrogen and oxygen atoms in total. The molecule has 0 bridgehead atoms. The number of alkyl halides is 3. The van der Waals surface area contributed by atoms with E-state index in [9.17, 15) is 4.79 Å². The minimum atomic E-state index is -1.88. The summed E-state index contributed by atoms with van der Waals surface area (Å²) in [4.78, 5) is 12.5. The van der Waals surface area contributed by atoms with Crippen LogP contribution >= 0.6 is 70.2 Å². The van der Waals surface area contributed by atoms with Gasteiger partial charge in [-0.1, -0.05) is 70.1 Å². The van der Waals surface area contributed by atoms with E-state index in [0.717, 1.165) is 11.3 Å². The van der Waals surface area contributed by atoms with Crippen molar-refractivity contribution in [3.63, 3.8) is 0 Å². The molecular weight excluding hydrogens is 472 g/mol. The van der Waals surface area contributed by atoms with Crippen molar-refractivity contribution >= 4 is 86.9 Å². The summed E-state index contributed by atoms with van der Waals surface area (Å²) < 4.78 is -1.88. The lowest BCUT2D eigenvalue weighted by Crippen LogP contribution is -2.56. The molecule has 0 fully saturated rings. The Morgan fingerprint density at radius 1 is 1.07 bits per heavy atom. The molecule has 2 rings (SSSR count). The summed E-state index contributed by atoms with van der Waals surface area (Å²) in [5.74, 6) is -0.557. The third kappa shape index (κ3) is 6.86. The second kappa shape index (κ2) is 9.50. The molecule has 144 valence electrons. The van der Waals surface area contributed by atoms with Gasteiger partial charge >= 0.3 is 0 Å². The number of amides is 1. The normalized spacial score (nSPS) is 12.2. The van der Waals surface area contributed by atoms with Crippen LogP contribution in [0.2, 0.25) is 10.0 Å². The number of hydrogen-bond donors (Lipinski definition) is 3. The minimum Gasteiger partial charge on any atom is -0.339 e. The second-order valence-corrected chi connectivity index (χ2v) is 9.16. The fourth-order valence-corrected chi connectivity index (χ4v) is 3.16. The number of aryl methyl sites for hydroxylation is 1. The molecule has 2 aromatic rings. The number of thiocarbonyl (C=S) groups is 1. The summed E-state index contributed by atoms with van der Waals surface area (Å²) in [7, 11) is 0. The summed E-state index contributed by atoms with van der Waals surface area (Å²) in [6.07, 6.45) is -1.12. The van der Waals surface area contributed by atoms with Crippen LogP contribution in [-0.2, 0) is 0 Å². The fraction of sp³-hybridized carbons (Fsp3) is 0.176. The van der Waals surface area contributed by atoms with Gasteiger partial charge in [-0.2, -0.15) is 0 Å². The zero-order valence-corrected chi connectivity index (χ0v) is 18.4. The number of nitrogens with one attached hydrogen (secondary N) is 3. The number of benzene rings is 2. The molecule has 0 aromatic heterocycles. The van der Waals surface area contributed by atoms with Crippen LogP contribution in [0.15, 0.2) is 42.5 Å². The number of halogens is 5. The predicted octanol–water partition coefficient (Wildman–Crippen LogP) is 5.71. The molecule has 1 unspecified atom stereocenters. The lowest BCUT2D eigenvalue weighted by Gasteiger charge is -2.28. The zero-order valence-electron chi connectivity index (χ0n) is 13.8. The highest BCUT2D eigenvalue weighted by Gasteiger charge is 2.35. The molecular formula is C17H14Cl5N3OS. The van der Waals surface area contributed by atoms with Gasteiger partial charge in [0.15, 0.2) is 5.11 Å². The van der Waals surface area contributed by atoms with Gasteiger partial charge in [0.2, 0.25) is 3.79 Å². The first-order chi connectivity index (χ1) is 12.6. The van der Waals surface area contributed by atoms with Gasteiger partial charge in [-0.25, -0.2) is 0 Å². The molecule has 0 aliphatic carbocycles. The van der Waals surface area contributed by atoms with Crippen molar-refractivity contribution in [2.24, 2.45) is 0 Å². The van der Waals surface area contributed by atoms with Crippen LogP contribution < -0.4 is 16.0 Å². The number of carbonyl (C=O) groups excluding carboxylic acids is 1. The maximum Gasteiger partial charge on any atom is 0.254 e. The molecule has 3 N–H and O–H groups in total. The van der Waals surface area contributed by atoms with Crippen LogP contribution in [0.25, 0.3) is 0 Å². The molecule has 0 aliphatic rings. The Bertz CT molecular complexity index is 857. The maximum absolute atomic E-state index is 12.5. The Kier molecular flexibility index (Phi) is 7.86. The quantitative estimate of drug-likeness (QED) is 0.295. The van der Waals surface area contributed by atoms with Crippen molar-refractivity contribution in [1.29, 1.82) is 0 Å². The lowest BCUT2D eigenvalue weighted by molar-refractivity contribution is 0.0934. The zero-order chi connectivity index (χ0) is 20.2. The number of anilines is 1. The van der Waals surface area contributed by atoms with Crippen LogP contribution in [0, 0.1) is 6.92 Å². The number of hydrogen-bond acceptors (Lipinski definition) is 2. The van der Waals surface area contributed by atoms with E-state index < -0.39 is 15.9 Å². The Labute approximate surface area is 187 Å². The first-order valence-corrected chi connectivity index (χ1v) is 9.83. The summed E-state index contributed by atoms with van der Waals surface area (Å²) in [5, 5.41) is 9.04. The second-order valence-electron chi connectivity index (χ2n) is 5.54. The van der Waals surface area contributed by atoms with Gasteiger partial charge in [0.05, 0.1) is 10.6 Å². The van der Waals surface area contributed by atoms with Crippen molar-refractivity contribution in [3.8, 4) is 0 Å². The highest BCUT2D eigenvalue weighted by molar-refractivity contribution is 7.80. The van der Waals surface area contributed by atoms with Gasteiger partial charge in [0.1, 0.15) is 6.17 Å². The summed E-state index contributed by atoms with van der Waals surface area (Å²) in [6.45, 7) is 1.95. The van der Waals surface area contributed by atoms with E-state index in [4.69, 9.17) is 70.2 Å². The molecule has 0 radical (unpaired) electrons. The Morgan fingerprint density at radius 3 is 2.37 bits per heavy atom. The van der Waals surface area contributed by atoms with Crippen LogP contribution in [0.4, 0.5) is 5.69 Å². The first kappa shape index (κ1) is 22.3. The van der Waals surface area contributed by atoms with Gasteiger partial charge in [0.25, 0.3) is 5.91 Å². The molecule has 0 saturated heterocycles. The average Bonchev–Trinajstić information content (AvgIpc) is 2.53. The van der Waals surface area contributed by atoms with Crippen LogP contribution in [0.5, 0.6) is 0 Å². The molecule has 10 heteroatoms. The Balaban J connectivity index is 2.11. The van der Waals surface area contributed by atoms with Crippen LogP contribution in [0.3, 0.4) is 0 Å². The van der Waals surface area contributed by atoms with E-state index in [1.54, 1.807) is 0 Å². The molecule has 27 heavy (non-hydrogen) atoms. The third-order valence-corrected chi connectivity index (χ3v) is 4.75. The summed E-state index contributed by atoms with van der Waals surface area (Å²) in [5.41, 5.74) is 1.98. The first-order valence-electron chi connectivity index (χ1n) is 7.53. The molecule has 0 spiro atoms. The lowest BCUT2D eigenvalue weighted by atomic mass is 10.2. The van der Waals surface area contributed by atoms with E-state index in [-0.39, 0.29) is 15.7 Å². The third-order valence-electron chi connectivity index (χ3n) is 3.33. The smallest absolute Gasteiger partial charge is 0.254 e. The van der Waals surface area contributed by atoms with Crippen molar-refractivity contribution in [2.45, 2.75) is 16.9 Å². The Morgan fingerprint density at radius 2 is 1.78 bits per heavy atom. The minimum absolute atomic E-state index is 0.166. The van der Waals surface area contributed by atoms with E-state index in [1.807, 2.05) is 31.2 Å². The molecule has 1 amide bonds. The van der Waals surface area contributed by atoms with Gasteiger partial charge in [-0.3, -0.25) is 4.79 Å². The van der Waals surface area contributed by atoms with Crippen molar-refractivity contribution in [1.82, 2.24) is 10.6 Å². The van der Waals surface area contributed by atoms with Gasteiger partial charge in [-0.15, -0.1) is 0 Å². The topological polar surface area (TPSA) is 53.2 Å². The van der Waals surface area contributed by atoms with Crippen molar-refractivity contribution in [2.75, 3.05) is 5.32 Å². The number of rotatable bonds is 4. The van der Waals surface area contributed by atoms with Crippen molar-refractivity contribution < 1.29 is 4.79 Å². The molecule has 0 heterocycles. The predicted molar refractivity (Wildman–Crippen MR) is 119 cm³/mol.